The van der Waals surface area contributed by atoms with Crippen molar-refractivity contribution < 1.29 is 19.4 Å². The highest BCUT2D eigenvalue weighted by Gasteiger charge is 2.22. The smallest absolute Gasteiger partial charge is 0.348 e. The van der Waals surface area contributed by atoms with Gasteiger partial charge in [-0.3, -0.25) is 0 Å². The molecule has 0 saturated carbocycles. The second-order valence-corrected chi connectivity index (χ2v) is 17.8. The first kappa shape index (κ1) is 46.7. The lowest BCUT2D eigenvalue weighted by atomic mass is 10.0. The minimum absolute atomic E-state index is 0.235. The Kier molecular flexibility index (Phi) is 16.0. The van der Waals surface area contributed by atoms with E-state index < -0.39 is 5.97 Å². The number of nitrogens with one attached hydrogen (secondary N) is 2. The lowest BCUT2D eigenvalue weighted by molar-refractivity contribution is 0.0530. The third-order valence-corrected chi connectivity index (χ3v) is 13.8. The van der Waals surface area contributed by atoms with Crippen LogP contribution in [0.15, 0.2) is 110 Å². The normalized spacial score (nSPS) is 10.9. The average molecular weight is 917 g/mol. The van der Waals surface area contributed by atoms with Gasteiger partial charge in [0, 0.05) is 25.5 Å². The molecule has 0 radical (unpaired) electrons. The number of carbonyl (C=O) groups excluding carboxylic acids is 1. The molecule has 0 amide bonds. The molecule has 0 unspecified atom stereocenters. The average Bonchev–Trinajstić information content (AvgIpc) is 4.15. The number of aryl methyl sites for hydroxylation is 2. The Bertz CT molecular complexity index is 3000. The summed E-state index contributed by atoms with van der Waals surface area (Å²) in [5, 5.41) is 36.9. The second kappa shape index (κ2) is 22.6. The van der Waals surface area contributed by atoms with Crippen LogP contribution < -0.4 is 10.6 Å². The maximum absolute atomic E-state index is 12.7. The lowest BCUT2D eigenvalue weighted by Crippen LogP contribution is -2.08. The number of carboxylic acid groups (broad SMARTS) is 1. The van der Waals surface area contributed by atoms with Gasteiger partial charge in [0.15, 0.2) is 0 Å². The van der Waals surface area contributed by atoms with E-state index in [4.69, 9.17) is 15.3 Å². The van der Waals surface area contributed by atoms with Gasteiger partial charge in [0.05, 0.1) is 87.8 Å². The molecule has 3 N–H and O–H groups in total. The van der Waals surface area contributed by atoms with Crippen molar-refractivity contribution in [3.8, 4) is 12.1 Å². The van der Waals surface area contributed by atoms with Crippen LogP contribution in [0, 0.1) is 22.7 Å². The molecular formula is C52H52N8O4S2. The van der Waals surface area contributed by atoms with E-state index in [0.29, 0.717) is 53.7 Å². The van der Waals surface area contributed by atoms with E-state index in [1.54, 1.807) is 6.33 Å². The summed E-state index contributed by atoms with van der Waals surface area (Å²) in [6.45, 7) is 9.00. The molecule has 0 bridgehead atoms. The number of anilines is 2. The number of unbranched alkanes of at least 4 members (excludes halogenated alkanes) is 2. The first-order chi connectivity index (χ1) is 32.2. The SMILES string of the molecule is CCCCc1c(C(=O)O)sc2c(NCc3cncn3Cc3ccc(C#N)cc3)cccc12.CCCCc1c(C(=O)OCC)sc2c(NCc3cncn3Cc3ccc(C#N)cc3)cccc12. The summed E-state index contributed by atoms with van der Waals surface area (Å²) in [7, 11) is 0. The van der Waals surface area contributed by atoms with Gasteiger partial charge in [-0.2, -0.15) is 10.5 Å². The highest BCUT2D eigenvalue weighted by Crippen LogP contribution is 2.39. The Labute approximate surface area is 392 Å². The summed E-state index contributed by atoms with van der Waals surface area (Å²) < 4.78 is 11.6. The van der Waals surface area contributed by atoms with E-state index in [2.05, 4.69) is 67.9 Å². The predicted octanol–water partition coefficient (Wildman–Crippen LogP) is 11.8. The van der Waals surface area contributed by atoms with Gasteiger partial charge in [-0.1, -0.05) is 75.2 Å². The van der Waals surface area contributed by atoms with Crippen LogP contribution in [0.4, 0.5) is 11.4 Å². The molecular weight excluding hydrogens is 865 g/mol. The van der Waals surface area contributed by atoms with Gasteiger partial charge in [0.25, 0.3) is 0 Å². The van der Waals surface area contributed by atoms with Crippen LogP contribution in [0.2, 0.25) is 0 Å². The quantitative estimate of drug-likeness (QED) is 0.0663. The maximum atomic E-state index is 12.7. The molecule has 0 aliphatic heterocycles. The number of fused-ring (bicyclic) bond motifs is 2. The van der Waals surface area contributed by atoms with Gasteiger partial charge >= 0.3 is 11.9 Å². The zero-order chi connectivity index (χ0) is 46.4. The number of carboxylic acids is 1. The van der Waals surface area contributed by atoms with Crippen molar-refractivity contribution >= 4 is 66.2 Å². The van der Waals surface area contributed by atoms with Gasteiger partial charge in [0.1, 0.15) is 9.75 Å². The number of thiophene rings is 2. The molecule has 8 aromatic rings. The number of hydrogen-bond acceptors (Lipinski definition) is 11. The maximum Gasteiger partial charge on any atom is 0.348 e. The van der Waals surface area contributed by atoms with E-state index in [9.17, 15) is 14.7 Å². The first-order valence-corrected chi connectivity index (χ1v) is 23.8. The molecule has 4 aromatic heterocycles. The monoisotopic (exact) mass is 916 g/mol. The second-order valence-electron chi connectivity index (χ2n) is 15.8. The minimum Gasteiger partial charge on any atom is -0.477 e. The summed E-state index contributed by atoms with van der Waals surface area (Å²) in [6.07, 6.45) is 13.1. The summed E-state index contributed by atoms with van der Waals surface area (Å²) in [4.78, 5) is 34.3. The summed E-state index contributed by atoms with van der Waals surface area (Å²) in [5.74, 6) is -1.09. The molecule has 0 saturated heterocycles. The number of imidazole rings is 2. The van der Waals surface area contributed by atoms with E-state index in [-0.39, 0.29) is 5.97 Å². The topological polar surface area (TPSA) is 171 Å². The molecule has 0 aliphatic rings. The largest absolute Gasteiger partial charge is 0.477 e. The van der Waals surface area contributed by atoms with E-state index >= 15 is 0 Å². The fourth-order valence-corrected chi connectivity index (χ4v) is 10.2. The molecule has 4 heterocycles. The number of esters is 1. The van der Waals surface area contributed by atoms with Crippen LogP contribution in [-0.4, -0.2) is 42.8 Å². The van der Waals surface area contributed by atoms with Crippen LogP contribution in [-0.2, 0) is 43.8 Å². The van der Waals surface area contributed by atoms with Crippen molar-refractivity contribution in [1.82, 2.24) is 19.1 Å². The molecule has 0 atom stereocenters. The van der Waals surface area contributed by atoms with Crippen LogP contribution in [0.1, 0.15) is 111 Å². The number of rotatable bonds is 19. The van der Waals surface area contributed by atoms with Gasteiger partial charge in [-0.05, 0) is 102 Å². The molecule has 0 fully saturated rings. The highest BCUT2D eigenvalue weighted by molar-refractivity contribution is 7.22. The van der Waals surface area contributed by atoms with Crippen molar-refractivity contribution in [3.63, 3.8) is 0 Å². The third-order valence-electron chi connectivity index (χ3n) is 11.2. The number of carbonyl (C=O) groups is 2. The van der Waals surface area contributed by atoms with E-state index in [1.165, 1.54) is 22.7 Å². The predicted molar refractivity (Wildman–Crippen MR) is 263 cm³/mol. The number of aromatic nitrogens is 4. The molecule has 8 rings (SSSR count). The Balaban J connectivity index is 0.000000197. The molecule has 0 aliphatic carbocycles. The van der Waals surface area contributed by atoms with E-state index in [1.807, 2.05) is 98.4 Å². The number of nitrogens with zero attached hydrogens (tertiary/aromatic N) is 6. The van der Waals surface area contributed by atoms with Crippen molar-refractivity contribution in [2.45, 2.75) is 85.5 Å². The Morgan fingerprint density at radius 1 is 0.667 bits per heavy atom. The highest BCUT2D eigenvalue weighted by atomic mass is 32.1. The molecule has 12 nitrogen and oxygen atoms in total. The van der Waals surface area contributed by atoms with Crippen molar-refractivity contribution in [2.24, 2.45) is 0 Å². The van der Waals surface area contributed by atoms with Crippen LogP contribution in [0.25, 0.3) is 20.2 Å². The standard InChI is InChI=1S/C27H28N4O2S.C25H24N4O2S/c1-3-5-7-23-22-8-6-9-24(25(22)34-26(23)27(32)33-4-2)30-16-21-15-29-18-31(21)17-20-12-10-19(14-28)11-13-20;1-2-3-5-21-20-6-4-7-22(23(20)32-24(21)25(30)31)28-14-19-13-27-16-29(19)15-18-10-8-17(12-26)9-11-18/h6,8-13,15,18,30H,3-5,7,16-17H2,1-2H3;4,6-11,13,16,28H,2-3,5,14-15H2,1H3,(H,30,31). The fraction of sp³-hybridized carbons (Fsp3) is 0.269. The summed E-state index contributed by atoms with van der Waals surface area (Å²) in [6, 6.07) is 31.6. The van der Waals surface area contributed by atoms with Gasteiger partial charge in [-0.25, -0.2) is 19.6 Å². The summed E-state index contributed by atoms with van der Waals surface area (Å²) >= 11 is 2.86. The molecule has 66 heavy (non-hydrogen) atoms. The summed E-state index contributed by atoms with van der Waals surface area (Å²) in [5.41, 5.74) is 9.54. The number of benzene rings is 4. The molecule has 4 aromatic carbocycles. The van der Waals surface area contributed by atoms with Gasteiger partial charge in [-0.15, -0.1) is 22.7 Å². The van der Waals surface area contributed by atoms with Crippen LogP contribution in [0.3, 0.4) is 0 Å². The zero-order valence-corrected chi connectivity index (χ0v) is 39.0. The number of aromatic carboxylic acids is 1. The van der Waals surface area contributed by atoms with Crippen LogP contribution in [0.5, 0.6) is 0 Å². The fourth-order valence-electron chi connectivity index (χ4n) is 7.77. The van der Waals surface area contributed by atoms with Crippen molar-refractivity contribution in [2.75, 3.05) is 17.2 Å². The lowest BCUT2D eigenvalue weighted by Gasteiger charge is -2.11. The third kappa shape index (κ3) is 11.2. The molecule has 336 valence electrons. The Morgan fingerprint density at radius 3 is 1.55 bits per heavy atom. The Morgan fingerprint density at radius 2 is 1.12 bits per heavy atom. The number of ether oxygens (including phenoxy) is 1. The number of nitriles is 2. The number of hydrogen-bond donors (Lipinski definition) is 3. The minimum atomic E-state index is -0.858. The Hall–Kier alpha value is -7.26. The van der Waals surface area contributed by atoms with Gasteiger partial charge in [0.2, 0.25) is 0 Å². The van der Waals surface area contributed by atoms with Gasteiger partial charge < -0.3 is 29.6 Å². The van der Waals surface area contributed by atoms with Crippen molar-refractivity contribution in [1.29, 1.82) is 10.5 Å². The first-order valence-electron chi connectivity index (χ1n) is 22.2. The zero-order valence-electron chi connectivity index (χ0n) is 37.3. The molecule has 14 heteroatoms. The van der Waals surface area contributed by atoms with E-state index in [0.717, 1.165) is 104 Å². The molecule has 0 spiro atoms. The van der Waals surface area contributed by atoms with Crippen LogP contribution >= 0.6 is 22.7 Å². The van der Waals surface area contributed by atoms with Crippen molar-refractivity contribution in [3.05, 3.63) is 165 Å².